The van der Waals surface area contributed by atoms with Gasteiger partial charge in [0.2, 0.25) is 0 Å². The topological polar surface area (TPSA) is 84.6 Å². The first-order chi connectivity index (χ1) is 12.1. The summed E-state index contributed by atoms with van der Waals surface area (Å²) in [5.74, 6) is 0.729. The average Bonchev–Trinajstić information content (AvgIpc) is 2.65. The number of nitrogens with zero attached hydrogens (tertiary/aromatic N) is 1. The van der Waals surface area contributed by atoms with Gasteiger partial charge in [0, 0.05) is 29.8 Å². The fourth-order valence-corrected chi connectivity index (χ4v) is 2.50. The first kappa shape index (κ1) is 16.7. The molecule has 0 saturated carbocycles. The van der Waals surface area contributed by atoms with Gasteiger partial charge >= 0.3 is 0 Å². The van der Waals surface area contributed by atoms with E-state index in [-0.39, 0.29) is 18.8 Å². The highest BCUT2D eigenvalue weighted by atomic mass is 16.6. The maximum absolute atomic E-state index is 10.6. The Kier molecular flexibility index (Phi) is 5.11. The molecule has 1 atom stereocenters. The minimum Gasteiger partial charge on any atom is -0.490 e. The number of benzene rings is 3. The second-order valence-corrected chi connectivity index (χ2v) is 5.63. The van der Waals surface area contributed by atoms with Crippen LogP contribution in [-0.4, -0.2) is 29.3 Å². The molecule has 0 fully saturated rings. The Bertz CT molecular complexity index is 859. The van der Waals surface area contributed by atoms with Gasteiger partial charge in [0.1, 0.15) is 18.5 Å². The number of nitro benzene ring substituents is 1. The van der Waals surface area contributed by atoms with Crippen LogP contribution in [0.15, 0.2) is 66.7 Å². The standard InChI is InChI=1S/C19H18N2O4/c22-17(12-20-15-8-10-16(11-9-15)21(23)24)13-25-19-7-3-5-14-4-1-2-6-18(14)19/h1-11,17,20,22H,12-13H2. The van der Waals surface area contributed by atoms with Crippen LogP contribution in [0.5, 0.6) is 5.75 Å². The van der Waals surface area contributed by atoms with Crippen molar-refractivity contribution < 1.29 is 14.8 Å². The quantitative estimate of drug-likeness (QED) is 0.508. The molecule has 1 unspecified atom stereocenters. The van der Waals surface area contributed by atoms with Gasteiger partial charge in [-0.3, -0.25) is 10.1 Å². The Morgan fingerprint density at radius 2 is 1.76 bits per heavy atom. The highest BCUT2D eigenvalue weighted by Gasteiger charge is 2.08. The molecule has 0 amide bonds. The van der Waals surface area contributed by atoms with Crippen LogP contribution < -0.4 is 10.1 Å². The predicted molar refractivity (Wildman–Crippen MR) is 97.0 cm³/mol. The third-order valence-electron chi connectivity index (χ3n) is 3.80. The molecule has 0 bridgehead atoms. The largest absolute Gasteiger partial charge is 0.490 e. The molecule has 0 heterocycles. The number of nitro groups is 1. The Hall–Kier alpha value is -3.12. The zero-order valence-corrected chi connectivity index (χ0v) is 13.5. The molecule has 2 N–H and O–H groups in total. The number of nitrogens with one attached hydrogen (secondary N) is 1. The van der Waals surface area contributed by atoms with E-state index < -0.39 is 11.0 Å². The third kappa shape index (κ3) is 4.24. The van der Waals surface area contributed by atoms with E-state index in [0.717, 1.165) is 16.5 Å². The molecule has 25 heavy (non-hydrogen) atoms. The van der Waals surface area contributed by atoms with Gasteiger partial charge in [-0.2, -0.15) is 0 Å². The zero-order valence-electron chi connectivity index (χ0n) is 13.5. The van der Waals surface area contributed by atoms with Gasteiger partial charge < -0.3 is 15.2 Å². The van der Waals surface area contributed by atoms with E-state index in [9.17, 15) is 15.2 Å². The predicted octanol–water partition coefficient (Wildman–Crippen LogP) is 3.60. The van der Waals surface area contributed by atoms with Crippen LogP contribution in [0.4, 0.5) is 11.4 Å². The molecule has 6 nitrogen and oxygen atoms in total. The summed E-state index contributed by atoms with van der Waals surface area (Å²) in [6.07, 6.45) is -0.714. The number of rotatable bonds is 7. The van der Waals surface area contributed by atoms with E-state index in [2.05, 4.69) is 5.32 Å². The third-order valence-corrected chi connectivity index (χ3v) is 3.80. The highest BCUT2D eigenvalue weighted by molar-refractivity contribution is 5.88. The zero-order chi connectivity index (χ0) is 17.6. The summed E-state index contributed by atoms with van der Waals surface area (Å²) in [6, 6.07) is 19.8. The lowest BCUT2D eigenvalue weighted by atomic mass is 10.1. The molecular weight excluding hydrogens is 320 g/mol. The maximum atomic E-state index is 10.6. The lowest BCUT2D eigenvalue weighted by Gasteiger charge is -2.15. The van der Waals surface area contributed by atoms with Crippen LogP contribution in [0, 0.1) is 10.1 Å². The summed E-state index contributed by atoms with van der Waals surface area (Å²) in [5.41, 5.74) is 0.736. The number of anilines is 1. The minimum absolute atomic E-state index is 0.0328. The normalized spacial score (nSPS) is 11.9. The Morgan fingerprint density at radius 3 is 2.52 bits per heavy atom. The fraction of sp³-hybridized carbons (Fsp3) is 0.158. The van der Waals surface area contributed by atoms with E-state index >= 15 is 0 Å². The van der Waals surface area contributed by atoms with Crippen LogP contribution in [0.3, 0.4) is 0 Å². The highest BCUT2D eigenvalue weighted by Crippen LogP contribution is 2.25. The van der Waals surface area contributed by atoms with Gasteiger partial charge in [-0.25, -0.2) is 0 Å². The number of hydrogen-bond donors (Lipinski definition) is 2. The number of ether oxygens (including phenoxy) is 1. The number of fused-ring (bicyclic) bond motifs is 1. The average molecular weight is 338 g/mol. The van der Waals surface area contributed by atoms with Crippen LogP contribution >= 0.6 is 0 Å². The van der Waals surface area contributed by atoms with Crippen molar-refractivity contribution in [2.75, 3.05) is 18.5 Å². The summed E-state index contributed by atoms with van der Waals surface area (Å²) >= 11 is 0. The van der Waals surface area contributed by atoms with E-state index in [0.29, 0.717) is 5.69 Å². The lowest BCUT2D eigenvalue weighted by molar-refractivity contribution is -0.384. The molecule has 0 saturated heterocycles. The van der Waals surface area contributed by atoms with E-state index in [1.54, 1.807) is 12.1 Å². The molecule has 6 heteroatoms. The van der Waals surface area contributed by atoms with Crippen molar-refractivity contribution in [3.63, 3.8) is 0 Å². The van der Waals surface area contributed by atoms with Crippen molar-refractivity contribution in [3.8, 4) is 5.75 Å². The Balaban J connectivity index is 1.54. The first-order valence-corrected chi connectivity index (χ1v) is 7.90. The minimum atomic E-state index is -0.714. The summed E-state index contributed by atoms with van der Waals surface area (Å²) in [5, 5.41) is 25.8. The molecule has 0 radical (unpaired) electrons. The number of hydrogen-bond acceptors (Lipinski definition) is 5. The van der Waals surface area contributed by atoms with Crippen molar-refractivity contribution in [1.29, 1.82) is 0 Å². The smallest absolute Gasteiger partial charge is 0.269 e. The summed E-state index contributed by atoms with van der Waals surface area (Å²) < 4.78 is 5.74. The van der Waals surface area contributed by atoms with Gasteiger partial charge in [-0.15, -0.1) is 0 Å². The Morgan fingerprint density at radius 1 is 1.04 bits per heavy atom. The van der Waals surface area contributed by atoms with Crippen LogP contribution in [0.2, 0.25) is 0 Å². The molecule has 0 aliphatic heterocycles. The Labute approximate surface area is 144 Å². The number of aliphatic hydroxyl groups excluding tert-OH is 1. The number of non-ortho nitro benzene ring substituents is 1. The van der Waals surface area contributed by atoms with Gasteiger partial charge in [-0.1, -0.05) is 36.4 Å². The molecule has 0 aromatic heterocycles. The van der Waals surface area contributed by atoms with Crippen LogP contribution in [0.1, 0.15) is 0 Å². The van der Waals surface area contributed by atoms with Crippen LogP contribution in [0.25, 0.3) is 10.8 Å². The van der Waals surface area contributed by atoms with Crippen molar-refractivity contribution in [1.82, 2.24) is 0 Å². The van der Waals surface area contributed by atoms with Gasteiger partial charge in [0.05, 0.1) is 4.92 Å². The summed E-state index contributed by atoms with van der Waals surface area (Å²) in [4.78, 5) is 10.2. The van der Waals surface area contributed by atoms with Gasteiger partial charge in [0.25, 0.3) is 5.69 Å². The van der Waals surface area contributed by atoms with E-state index in [4.69, 9.17) is 4.74 Å². The molecular formula is C19H18N2O4. The molecule has 0 aliphatic carbocycles. The lowest BCUT2D eigenvalue weighted by Crippen LogP contribution is -2.26. The SMILES string of the molecule is O=[N+]([O-])c1ccc(NCC(O)COc2cccc3ccccc23)cc1. The van der Waals surface area contributed by atoms with Crippen molar-refractivity contribution >= 4 is 22.1 Å². The summed E-state index contributed by atoms with van der Waals surface area (Å²) in [7, 11) is 0. The monoisotopic (exact) mass is 338 g/mol. The van der Waals surface area contributed by atoms with E-state index in [1.165, 1.54) is 12.1 Å². The van der Waals surface area contributed by atoms with Crippen molar-refractivity contribution in [2.24, 2.45) is 0 Å². The molecule has 128 valence electrons. The van der Waals surface area contributed by atoms with Crippen LogP contribution in [-0.2, 0) is 0 Å². The van der Waals surface area contributed by atoms with Gasteiger partial charge in [0.15, 0.2) is 0 Å². The molecule has 3 aromatic rings. The van der Waals surface area contributed by atoms with Crippen molar-refractivity contribution in [2.45, 2.75) is 6.10 Å². The summed E-state index contributed by atoms with van der Waals surface area (Å²) in [6.45, 7) is 0.427. The van der Waals surface area contributed by atoms with Gasteiger partial charge in [-0.05, 0) is 23.6 Å². The second kappa shape index (κ2) is 7.63. The first-order valence-electron chi connectivity index (χ1n) is 7.90. The number of aliphatic hydroxyl groups is 1. The van der Waals surface area contributed by atoms with E-state index in [1.807, 2.05) is 42.5 Å². The maximum Gasteiger partial charge on any atom is 0.269 e. The molecule has 0 aliphatic rings. The molecule has 3 aromatic carbocycles. The fourth-order valence-electron chi connectivity index (χ4n) is 2.50. The molecule has 3 rings (SSSR count). The second-order valence-electron chi connectivity index (χ2n) is 5.63. The van der Waals surface area contributed by atoms with Crippen molar-refractivity contribution in [3.05, 3.63) is 76.8 Å². The molecule has 0 spiro atoms.